The predicted octanol–water partition coefficient (Wildman–Crippen LogP) is -0.110. The van der Waals surface area contributed by atoms with Gasteiger partial charge in [0, 0.05) is 27.7 Å². The summed E-state index contributed by atoms with van der Waals surface area (Å²) in [4.78, 5) is 45.3. The molecular weight excluding hydrogens is 340 g/mol. The van der Waals surface area contributed by atoms with Gasteiger partial charge in [-0.1, -0.05) is 0 Å². The van der Waals surface area contributed by atoms with Gasteiger partial charge in [-0.2, -0.15) is 5.11 Å². The molecule has 0 unspecified atom stereocenters. The van der Waals surface area contributed by atoms with E-state index in [1.165, 1.54) is 6.92 Å². The number of carbonyl (C=O) groups excluding carboxylic acids is 4. The maximum atomic E-state index is 12.4. The standard InChI is InChI=1S/C15H21O10/c1-7(16)21-6-11-12(22-8(2)17)13(23-9(3)18)15(5,14(20)24-11)25-10(4)19/h11-14H,6H2,1-5H3/t11-,12-,13+,14-,15+/m1/s1. The highest BCUT2D eigenvalue weighted by Gasteiger charge is 2.60. The summed E-state index contributed by atoms with van der Waals surface area (Å²) in [5.74, 6) is -3.01. The van der Waals surface area contributed by atoms with Crippen LogP contribution in [0.1, 0.15) is 34.6 Å². The lowest BCUT2D eigenvalue weighted by Gasteiger charge is -2.47. The van der Waals surface area contributed by atoms with Crippen LogP contribution in [0.25, 0.3) is 0 Å². The zero-order valence-corrected chi connectivity index (χ0v) is 14.6. The minimum Gasteiger partial charge on any atom is -0.463 e. The minimum atomic E-state index is -1.98. The quantitative estimate of drug-likeness (QED) is 0.485. The second kappa shape index (κ2) is 8.26. The van der Waals surface area contributed by atoms with Gasteiger partial charge in [0.15, 0.2) is 12.2 Å². The third-order valence-electron chi connectivity index (χ3n) is 3.41. The molecule has 141 valence electrons. The Morgan fingerprint density at radius 2 is 1.48 bits per heavy atom. The number of esters is 4. The smallest absolute Gasteiger partial charge is 0.303 e. The van der Waals surface area contributed by atoms with Gasteiger partial charge in [0.05, 0.1) is 0 Å². The molecule has 10 heteroatoms. The van der Waals surface area contributed by atoms with Crippen LogP contribution in [0.5, 0.6) is 0 Å². The van der Waals surface area contributed by atoms with E-state index >= 15 is 0 Å². The Bertz CT molecular complexity index is 544. The van der Waals surface area contributed by atoms with Crippen LogP contribution in [0.15, 0.2) is 0 Å². The monoisotopic (exact) mass is 361 g/mol. The molecule has 1 rings (SSSR count). The maximum Gasteiger partial charge on any atom is 0.303 e. The fraction of sp³-hybridized carbons (Fsp3) is 0.733. The van der Waals surface area contributed by atoms with E-state index in [0.29, 0.717) is 0 Å². The van der Waals surface area contributed by atoms with Crippen LogP contribution in [0.2, 0.25) is 0 Å². The molecule has 0 aliphatic carbocycles. The number of ether oxygens (including phenoxy) is 5. The Morgan fingerprint density at radius 1 is 0.920 bits per heavy atom. The van der Waals surface area contributed by atoms with E-state index in [4.69, 9.17) is 23.7 Å². The summed E-state index contributed by atoms with van der Waals surface area (Å²) in [5, 5.41) is 12.4. The molecule has 0 amide bonds. The van der Waals surface area contributed by atoms with Crippen molar-refractivity contribution in [3.05, 3.63) is 0 Å². The number of hydrogen-bond donors (Lipinski definition) is 0. The van der Waals surface area contributed by atoms with Crippen molar-refractivity contribution in [2.24, 2.45) is 0 Å². The SMILES string of the molecule is CC(=O)OC[C@H]1O[C@@H]([O])[C@@](C)(OC(C)=O)[C@@H](OC(C)=O)[C@@H]1OC(C)=O. The van der Waals surface area contributed by atoms with Crippen LogP contribution in [0.4, 0.5) is 0 Å². The summed E-state index contributed by atoms with van der Waals surface area (Å²) in [6.45, 7) is 5.17. The Morgan fingerprint density at radius 3 is 1.92 bits per heavy atom. The van der Waals surface area contributed by atoms with E-state index in [2.05, 4.69) is 0 Å². The van der Waals surface area contributed by atoms with E-state index in [-0.39, 0.29) is 0 Å². The molecule has 25 heavy (non-hydrogen) atoms. The van der Waals surface area contributed by atoms with Gasteiger partial charge in [0.2, 0.25) is 11.9 Å². The first-order valence-electron chi connectivity index (χ1n) is 7.46. The van der Waals surface area contributed by atoms with Crippen molar-refractivity contribution in [1.82, 2.24) is 0 Å². The van der Waals surface area contributed by atoms with Crippen molar-refractivity contribution in [3.8, 4) is 0 Å². The normalized spacial score (nSPS) is 31.6. The van der Waals surface area contributed by atoms with Gasteiger partial charge in [0.25, 0.3) is 0 Å². The molecule has 10 nitrogen and oxygen atoms in total. The highest BCUT2D eigenvalue weighted by molar-refractivity contribution is 5.69. The molecule has 1 heterocycles. The first-order valence-corrected chi connectivity index (χ1v) is 7.46. The third kappa shape index (κ3) is 5.40. The van der Waals surface area contributed by atoms with Crippen LogP contribution < -0.4 is 0 Å². The first-order chi connectivity index (χ1) is 11.5. The zero-order chi connectivity index (χ0) is 19.4. The fourth-order valence-electron chi connectivity index (χ4n) is 2.47. The van der Waals surface area contributed by atoms with Gasteiger partial charge in [0.1, 0.15) is 12.7 Å². The maximum absolute atomic E-state index is 12.4. The number of carbonyl (C=O) groups is 4. The van der Waals surface area contributed by atoms with Gasteiger partial charge in [-0.3, -0.25) is 19.2 Å². The van der Waals surface area contributed by atoms with Gasteiger partial charge in [-0.25, -0.2) is 0 Å². The zero-order valence-electron chi connectivity index (χ0n) is 14.6. The lowest BCUT2D eigenvalue weighted by Crippen LogP contribution is -2.68. The molecule has 1 aliphatic heterocycles. The summed E-state index contributed by atoms with van der Waals surface area (Å²) in [7, 11) is 0. The minimum absolute atomic E-state index is 0.417. The van der Waals surface area contributed by atoms with E-state index < -0.39 is 60.7 Å². The van der Waals surface area contributed by atoms with Gasteiger partial charge in [-0.05, 0) is 6.92 Å². The molecule has 0 aromatic rings. The first kappa shape index (κ1) is 20.8. The second-order valence-electron chi connectivity index (χ2n) is 5.69. The molecule has 0 saturated carbocycles. The van der Waals surface area contributed by atoms with Gasteiger partial charge >= 0.3 is 23.9 Å². The molecule has 1 saturated heterocycles. The molecule has 0 N–H and O–H groups in total. The van der Waals surface area contributed by atoms with Gasteiger partial charge < -0.3 is 23.7 Å². The molecule has 1 aliphatic rings. The Kier molecular flexibility index (Phi) is 6.88. The largest absolute Gasteiger partial charge is 0.463 e. The fourth-order valence-corrected chi connectivity index (χ4v) is 2.47. The molecule has 1 fully saturated rings. The Balaban J connectivity index is 3.26. The van der Waals surface area contributed by atoms with Crippen molar-refractivity contribution >= 4 is 23.9 Å². The lowest BCUT2D eigenvalue weighted by atomic mass is 9.87. The number of rotatable bonds is 5. The number of hydrogen-bond acceptors (Lipinski definition) is 9. The summed E-state index contributed by atoms with van der Waals surface area (Å²) in [6.07, 6.45) is -5.96. The lowest BCUT2D eigenvalue weighted by molar-refractivity contribution is -0.343. The molecule has 1 radical (unpaired) electrons. The van der Waals surface area contributed by atoms with Crippen LogP contribution in [0, 0.1) is 0 Å². The second-order valence-corrected chi connectivity index (χ2v) is 5.69. The highest BCUT2D eigenvalue weighted by atomic mass is 16.7. The van der Waals surface area contributed by atoms with Crippen molar-refractivity contribution < 1.29 is 48.0 Å². The summed E-state index contributed by atoms with van der Waals surface area (Å²) < 4.78 is 25.3. The van der Waals surface area contributed by atoms with E-state index in [1.54, 1.807) is 0 Å². The van der Waals surface area contributed by atoms with E-state index in [0.717, 1.165) is 27.7 Å². The summed E-state index contributed by atoms with van der Waals surface area (Å²) in [6, 6.07) is 0. The third-order valence-corrected chi connectivity index (χ3v) is 3.41. The average molecular weight is 361 g/mol. The van der Waals surface area contributed by atoms with Crippen LogP contribution in [-0.4, -0.2) is 60.7 Å². The molecule has 0 aromatic heterocycles. The van der Waals surface area contributed by atoms with Crippen LogP contribution in [-0.2, 0) is 48.0 Å². The summed E-state index contributed by atoms with van der Waals surface area (Å²) in [5.41, 5.74) is -1.95. The molecule has 0 bridgehead atoms. The topological polar surface area (TPSA) is 134 Å². The Hall–Kier alpha value is -2.20. The highest BCUT2D eigenvalue weighted by Crippen LogP contribution is 2.36. The van der Waals surface area contributed by atoms with Crippen LogP contribution in [0.3, 0.4) is 0 Å². The van der Waals surface area contributed by atoms with Crippen LogP contribution >= 0.6 is 0 Å². The molecule has 0 spiro atoms. The Labute approximate surface area is 144 Å². The molecule has 0 aromatic carbocycles. The van der Waals surface area contributed by atoms with E-state index in [1.807, 2.05) is 0 Å². The summed E-state index contributed by atoms with van der Waals surface area (Å²) >= 11 is 0. The van der Waals surface area contributed by atoms with Crippen molar-refractivity contribution in [2.45, 2.75) is 64.8 Å². The van der Waals surface area contributed by atoms with Gasteiger partial charge in [-0.15, -0.1) is 0 Å². The predicted molar refractivity (Wildman–Crippen MR) is 77.3 cm³/mol. The van der Waals surface area contributed by atoms with Crippen molar-refractivity contribution in [2.75, 3.05) is 6.61 Å². The molecular formula is C15H21O10. The van der Waals surface area contributed by atoms with Crippen molar-refractivity contribution in [1.29, 1.82) is 0 Å². The average Bonchev–Trinajstić information content (AvgIpc) is 2.44. The van der Waals surface area contributed by atoms with Crippen molar-refractivity contribution in [3.63, 3.8) is 0 Å². The van der Waals surface area contributed by atoms with E-state index in [9.17, 15) is 24.3 Å². The molecule has 5 atom stereocenters.